The number of guanidine groups is 1. The smallest absolute Gasteiger partial charge is 0.230 e. The summed E-state index contributed by atoms with van der Waals surface area (Å²) < 4.78 is 0. The molecule has 0 aromatic heterocycles. The van der Waals surface area contributed by atoms with Crippen LogP contribution in [0.1, 0.15) is 25.0 Å². The van der Waals surface area contributed by atoms with Crippen LogP contribution in [-0.4, -0.2) is 41.1 Å². The highest BCUT2D eigenvalue weighted by Gasteiger charge is 2.05. The second kappa shape index (κ2) is 11.4. The summed E-state index contributed by atoms with van der Waals surface area (Å²) in [6.45, 7) is 3.17. The average Bonchev–Trinajstić information content (AvgIpc) is 2.64. The Morgan fingerprint density at radius 2 is 1.27 bits per heavy atom. The van der Waals surface area contributed by atoms with Crippen LogP contribution in [0, 0.1) is 5.41 Å². The van der Waals surface area contributed by atoms with Gasteiger partial charge in [0.05, 0.1) is 12.4 Å². The van der Waals surface area contributed by atoms with Crippen LogP contribution in [0.4, 0.5) is 11.4 Å². The van der Waals surface area contributed by atoms with E-state index in [4.69, 9.17) is 28.6 Å². The maximum Gasteiger partial charge on any atom is 0.230 e. The summed E-state index contributed by atoms with van der Waals surface area (Å²) in [5.74, 6) is -0.166. The fourth-order valence-corrected chi connectivity index (χ4v) is 2.68. The van der Waals surface area contributed by atoms with Gasteiger partial charge < -0.3 is 20.8 Å². The van der Waals surface area contributed by atoms with Gasteiger partial charge in [0.2, 0.25) is 5.96 Å². The van der Waals surface area contributed by atoms with Crippen molar-refractivity contribution in [2.45, 2.75) is 26.3 Å². The van der Waals surface area contributed by atoms with Crippen molar-refractivity contribution in [2.24, 2.45) is 10.2 Å². The third-order valence-corrected chi connectivity index (χ3v) is 3.99. The van der Waals surface area contributed by atoms with Crippen molar-refractivity contribution in [3.05, 3.63) is 57.6 Å². The molecule has 11 heteroatoms. The number of hydrogen-bond acceptors (Lipinski definition) is 7. The zero-order chi connectivity index (χ0) is 22.1. The third kappa shape index (κ3) is 7.88. The van der Waals surface area contributed by atoms with Crippen LogP contribution >= 0.6 is 23.2 Å². The van der Waals surface area contributed by atoms with Crippen LogP contribution in [-0.2, 0) is 0 Å². The second-order valence-corrected chi connectivity index (χ2v) is 7.09. The molecule has 0 aliphatic carbocycles. The summed E-state index contributed by atoms with van der Waals surface area (Å²) in [7, 11) is 0. The maximum atomic E-state index is 9.51. The Labute approximate surface area is 184 Å². The quantitative estimate of drug-likeness (QED) is 0.142. The molecule has 2 unspecified atom stereocenters. The maximum absolute atomic E-state index is 9.51. The SMILES string of the molecule is CC(O)Nc1cc(Cl)ccc1/C=N/NC(=N)N/N=C/c1ccc(Cl)cc1NC(C)O. The molecule has 2 atom stereocenters. The second-order valence-electron chi connectivity index (χ2n) is 6.22. The van der Waals surface area contributed by atoms with Gasteiger partial charge in [0, 0.05) is 32.5 Å². The Bertz CT molecular complexity index is 860. The average molecular weight is 452 g/mol. The third-order valence-electron chi connectivity index (χ3n) is 3.52. The summed E-state index contributed by atoms with van der Waals surface area (Å²) >= 11 is 11.9. The van der Waals surface area contributed by atoms with E-state index in [1.165, 1.54) is 12.4 Å². The van der Waals surface area contributed by atoms with Crippen LogP contribution in [0.2, 0.25) is 10.0 Å². The molecule has 160 valence electrons. The fraction of sp³-hybridized carbons (Fsp3) is 0.211. The zero-order valence-electron chi connectivity index (χ0n) is 16.3. The van der Waals surface area contributed by atoms with E-state index in [-0.39, 0.29) is 5.96 Å². The molecular formula is C19H23Cl2N7O2. The van der Waals surface area contributed by atoms with E-state index in [0.29, 0.717) is 32.5 Å². The Kier molecular flexibility index (Phi) is 8.88. The molecule has 2 rings (SSSR count). The van der Waals surface area contributed by atoms with Crippen molar-refractivity contribution in [1.29, 1.82) is 5.41 Å². The van der Waals surface area contributed by atoms with Gasteiger partial charge in [-0.2, -0.15) is 10.2 Å². The lowest BCUT2D eigenvalue weighted by molar-refractivity contribution is 0.224. The molecule has 0 heterocycles. The van der Waals surface area contributed by atoms with E-state index >= 15 is 0 Å². The highest BCUT2D eigenvalue weighted by Crippen LogP contribution is 2.21. The van der Waals surface area contributed by atoms with Gasteiger partial charge in [-0.05, 0) is 50.2 Å². The predicted molar refractivity (Wildman–Crippen MR) is 123 cm³/mol. The summed E-state index contributed by atoms with van der Waals surface area (Å²) in [5.41, 5.74) is 7.52. The molecule has 0 amide bonds. The predicted octanol–water partition coefficient (Wildman–Crippen LogP) is 2.98. The molecule has 0 spiro atoms. The number of aliphatic hydroxyl groups excluding tert-OH is 2. The Morgan fingerprint density at radius 3 is 1.63 bits per heavy atom. The molecule has 7 N–H and O–H groups in total. The van der Waals surface area contributed by atoms with Crippen LogP contribution in [0.5, 0.6) is 0 Å². The van der Waals surface area contributed by atoms with E-state index in [9.17, 15) is 10.2 Å². The molecule has 0 aliphatic rings. The topological polar surface area (TPSA) is 137 Å². The van der Waals surface area contributed by atoms with Gasteiger partial charge in [-0.15, -0.1) is 0 Å². The van der Waals surface area contributed by atoms with Crippen molar-refractivity contribution >= 4 is 53.0 Å². The first-order valence-electron chi connectivity index (χ1n) is 8.89. The molecule has 0 saturated carbocycles. The summed E-state index contributed by atoms with van der Waals surface area (Å²) in [5, 5.41) is 41.5. The van der Waals surface area contributed by atoms with Gasteiger partial charge in [-0.1, -0.05) is 23.2 Å². The highest BCUT2D eigenvalue weighted by atomic mass is 35.5. The minimum absolute atomic E-state index is 0.166. The Hall–Kier alpha value is -2.85. The molecule has 0 radical (unpaired) electrons. The first-order valence-corrected chi connectivity index (χ1v) is 9.65. The molecule has 0 bridgehead atoms. The van der Waals surface area contributed by atoms with Crippen molar-refractivity contribution in [1.82, 2.24) is 10.9 Å². The number of aliphatic hydroxyl groups is 2. The summed E-state index contributed by atoms with van der Waals surface area (Å²) in [4.78, 5) is 0. The lowest BCUT2D eigenvalue weighted by Crippen LogP contribution is -2.29. The van der Waals surface area contributed by atoms with Crippen LogP contribution < -0.4 is 21.5 Å². The first-order chi connectivity index (χ1) is 14.2. The molecule has 0 saturated heterocycles. The first kappa shape index (κ1) is 23.4. The number of anilines is 2. The van der Waals surface area contributed by atoms with Gasteiger partial charge in [0.25, 0.3) is 0 Å². The largest absolute Gasteiger partial charge is 0.374 e. The number of benzene rings is 2. The summed E-state index contributed by atoms with van der Waals surface area (Å²) in [6, 6.07) is 10.2. The van der Waals surface area contributed by atoms with Gasteiger partial charge >= 0.3 is 0 Å². The van der Waals surface area contributed by atoms with E-state index in [0.717, 1.165) is 0 Å². The van der Waals surface area contributed by atoms with E-state index in [1.54, 1.807) is 50.2 Å². The zero-order valence-corrected chi connectivity index (χ0v) is 17.8. The van der Waals surface area contributed by atoms with Gasteiger partial charge in [0.1, 0.15) is 12.5 Å². The van der Waals surface area contributed by atoms with Crippen molar-refractivity contribution in [3.63, 3.8) is 0 Å². The number of halogens is 2. The number of nitrogens with zero attached hydrogens (tertiary/aromatic N) is 2. The van der Waals surface area contributed by atoms with Crippen LogP contribution in [0.15, 0.2) is 46.6 Å². The Morgan fingerprint density at radius 1 is 0.867 bits per heavy atom. The lowest BCUT2D eigenvalue weighted by atomic mass is 10.2. The van der Waals surface area contributed by atoms with Gasteiger partial charge in [-0.3, -0.25) is 5.41 Å². The molecule has 9 nitrogen and oxygen atoms in total. The number of rotatable bonds is 8. The van der Waals surface area contributed by atoms with Crippen molar-refractivity contribution in [3.8, 4) is 0 Å². The number of nitrogens with one attached hydrogen (secondary N) is 5. The molecule has 2 aromatic rings. The van der Waals surface area contributed by atoms with E-state index < -0.39 is 12.5 Å². The van der Waals surface area contributed by atoms with Gasteiger partial charge in [-0.25, -0.2) is 10.9 Å². The minimum atomic E-state index is -0.765. The lowest BCUT2D eigenvalue weighted by Gasteiger charge is -2.12. The van der Waals surface area contributed by atoms with E-state index in [2.05, 4.69) is 31.7 Å². The molecule has 0 aliphatic heterocycles. The molecular weight excluding hydrogens is 429 g/mol. The fourth-order valence-electron chi connectivity index (χ4n) is 2.34. The summed E-state index contributed by atoms with van der Waals surface area (Å²) in [6.07, 6.45) is 1.42. The standard InChI is InChI=1S/C19H23Cl2N7O2/c1-11(29)25-17-7-15(20)5-3-13(17)9-23-27-19(22)28-24-10-14-4-6-16(21)8-18(14)26-12(2)30/h3-12,25-26,29-30H,1-2H3,(H3,22,27,28)/b23-9+,24-10+. The molecule has 30 heavy (non-hydrogen) atoms. The van der Waals surface area contributed by atoms with Crippen molar-refractivity contribution in [2.75, 3.05) is 10.6 Å². The number of hydrogen-bond donors (Lipinski definition) is 7. The highest BCUT2D eigenvalue weighted by molar-refractivity contribution is 6.31. The molecule has 0 fully saturated rings. The molecule has 2 aromatic carbocycles. The van der Waals surface area contributed by atoms with Crippen molar-refractivity contribution < 1.29 is 10.2 Å². The van der Waals surface area contributed by atoms with Crippen LogP contribution in [0.3, 0.4) is 0 Å². The van der Waals surface area contributed by atoms with Crippen LogP contribution in [0.25, 0.3) is 0 Å². The van der Waals surface area contributed by atoms with E-state index in [1.807, 2.05) is 0 Å². The minimum Gasteiger partial charge on any atom is -0.374 e. The Balaban J connectivity index is 1.96. The van der Waals surface area contributed by atoms with Gasteiger partial charge in [0.15, 0.2) is 0 Å². The monoisotopic (exact) mass is 451 g/mol. The normalized spacial score (nSPS) is 13.3. The number of hydrazone groups is 2.